The molecule has 0 aromatic carbocycles. The normalized spacial score (nSPS) is 10.2. The van der Waals surface area contributed by atoms with Gasteiger partial charge in [-0.15, -0.1) is 11.3 Å². The summed E-state index contributed by atoms with van der Waals surface area (Å²) < 4.78 is 0.855. The molecule has 0 amide bonds. The molecule has 0 saturated carbocycles. The van der Waals surface area contributed by atoms with E-state index in [0.29, 0.717) is 0 Å². The number of aliphatic hydroxyl groups is 1. The van der Waals surface area contributed by atoms with Crippen LogP contribution in [0, 0.1) is 0 Å². The Kier molecular flexibility index (Phi) is 3.19. The summed E-state index contributed by atoms with van der Waals surface area (Å²) >= 11 is 7.35. The van der Waals surface area contributed by atoms with E-state index in [2.05, 4.69) is 0 Å². The third-order valence-electron chi connectivity index (χ3n) is 1.30. The third-order valence-corrected chi connectivity index (χ3v) is 2.55. The number of hydrogen-bond acceptors (Lipinski definition) is 2. The van der Waals surface area contributed by atoms with Gasteiger partial charge in [-0.2, -0.15) is 0 Å². The van der Waals surface area contributed by atoms with Gasteiger partial charge in [0.05, 0.1) is 4.34 Å². The van der Waals surface area contributed by atoms with Crippen LogP contribution in [0.1, 0.15) is 12.0 Å². The van der Waals surface area contributed by atoms with Gasteiger partial charge in [0, 0.05) is 6.61 Å². The van der Waals surface area contributed by atoms with Crippen LogP contribution in [0.25, 0.3) is 0 Å². The Morgan fingerprint density at radius 2 is 2.40 bits per heavy atom. The highest BCUT2D eigenvalue weighted by Crippen LogP contribution is 2.23. The van der Waals surface area contributed by atoms with Gasteiger partial charge in [0.2, 0.25) is 0 Å². The number of aliphatic hydroxyl groups excluding tert-OH is 1. The largest absolute Gasteiger partial charge is 0.396 e. The maximum Gasteiger partial charge on any atom is 0.0960 e. The highest BCUT2D eigenvalue weighted by Gasteiger charge is 1.98. The summed E-state index contributed by atoms with van der Waals surface area (Å²) in [7, 11) is 0. The maximum absolute atomic E-state index is 8.52. The molecule has 0 aliphatic heterocycles. The molecule has 0 radical (unpaired) electrons. The van der Waals surface area contributed by atoms with Crippen molar-refractivity contribution in [1.82, 2.24) is 0 Å². The van der Waals surface area contributed by atoms with Gasteiger partial charge in [0.1, 0.15) is 0 Å². The van der Waals surface area contributed by atoms with E-state index in [4.69, 9.17) is 16.7 Å². The highest BCUT2D eigenvalue weighted by atomic mass is 35.5. The van der Waals surface area contributed by atoms with Gasteiger partial charge >= 0.3 is 0 Å². The Labute approximate surface area is 69.3 Å². The second-order valence-electron chi connectivity index (χ2n) is 2.05. The number of rotatable bonds is 3. The second kappa shape index (κ2) is 3.96. The van der Waals surface area contributed by atoms with Crippen molar-refractivity contribution in [2.24, 2.45) is 0 Å². The van der Waals surface area contributed by atoms with Crippen LogP contribution in [-0.4, -0.2) is 11.7 Å². The lowest BCUT2D eigenvalue weighted by molar-refractivity contribution is 0.288. The molecule has 0 bridgehead atoms. The van der Waals surface area contributed by atoms with Crippen molar-refractivity contribution >= 4 is 22.9 Å². The zero-order valence-electron chi connectivity index (χ0n) is 5.51. The Bertz CT molecular complexity index is 197. The Morgan fingerprint density at radius 3 is 2.90 bits per heavy atom. The zero-order valence-corrected chi connectivity index (χ0v) is 7.08. The van der Waals surface area contributed by atoms with Crippen molar-refractivity contribution in [3.8, 4) is 0 Å². The lowest BCUT2D eigenvalue weighted by atomic mass is 10.2. The first-order valence-electron chi connectivity index (χ1n) is 3.17. The standard InChI is InChI=1S/C7H9ClOS/c8-7-6(2-1-4-9)3-5-10-7/h3,5,9H,1-2,4H2. The lowest BCUT2D eigenvalue weighted by Crippen LogP contribution is -1.86. The number of halogens is 1. The third kappa shape index (κ3) is 1.97. The van der Waals surface area contributed by atoms with Gasteiger partial charge in [0.25, 0.3) is 0 Å². The van der Waals surface area contributed by atoms with Crippen LogP contribution in [0.3, 0.4) is 0 Å². The first kappa shape index (κ1) is 8.05. The molecule has 1 nitrogen and oxygen atoms in total. The summed E-state index contributed by atoms with van der Waals surface area (Å²) in [4.78, 5) is 0. The van der Waals surface area contributed by atoms with Crippen molar-refractivity contribution in [2.75, 3.05) is 6.61 Å². The van der Waals surface area contributed by atoms with E-state index >= 15 is 0 Å². The topological polar surface area (TPSA) is 20.2 Å². The van der Waals surface area contributed by atoms with Crippen LogP contribution in [0.5, 0.6) is 0 Å². The SMILES string of the molecule is OCCCc1ccsc1Cl. The first-order valence-corrected chi connectivity index (χ1v) is 4.43. The molecular formula is C7H9ClOS. The molecule has 0 aliphatic rings. The maximum atomic E-state index is 8.52. The Morgan fingerprint density at radius 1 is 1.60 bits per heavy atom. The molecule has 1 rings (SSSR count). The average molecular weight is 177 g/mol. The summed E-state index contributed by atoms with van der Waals surface area (Å²) in [6, 6.07) is 2.00. The second-order valence-corrected chi connectivity index (χ2v) is 3.56. The zero-order chi connectivity index (χ0) is 7.40. The molecule has 0 saturated heterocycles. The summed E-state index contributed by atoms with van der Waals surface area (Å²) in [6.45, 7) is 0.242. The molecule has 0 fully saturated rings. The number of thiophene rings is 1. The van der Waals surface area contributed by atoms with Crippen LogP contribution in [-0.2, 0) is 6.42 Å². The van der Waals surface area contributed by atoms with E-state index in [1.165, 1.54) is 11.3 Å². The predicted octanol–water partition coefficient (Wildman–Crippen LogP) is 2.33. The minimum Gasteiger partial charge on any atom is -0.396 e. The molecule has 3 heteroatoms. The molecule has 0 spiro atoms. The van der Waals surface area contributed by atoms with Gasteiger partial charge in [-0.1, -0.05) is 11.6 Å². The van der Waals surface area contributed by atoms with Gasteiger partial charge in [-0.05, 0) is 29.9 Å². The molecule has 0 unspecified atom stereocenters. The van der Waals surface area contributed by atoms with E-state index in [0.717, 1.165) is 22.7 Å². The molecule has 1 heterocycles. The quantitative estimate of drug-likeness (QED) is 0.750. The summed E-state index contributed by atoms with van der Waals surface area (Å²) in [5.41, 5.74) is 1.15. The van der Waals surface area contributed by atoms with Gasteiger partial charge in [-0.3, -0.25) is 0 Å². The summed E-state index contributed by atoms with van der Waals surface area (Å²) in [5, 5.41) is 10.5. The fourth-order valence-electron chi connectivity index (χ4n) is 0.768. The van der Waals surface area contributed by atoms with Crippen LogP contribution in [0.15, 0.2) is 11.4 Å². The van der Waals surface area contributed by atoms with Crippen molar-refractivity contribution in [1.29, 1.82) is 0 Å². The van der Waals surface area contributed by atoms with Crippen LogP contribution >= 0.6 is 22.9 Å². The molecule has 1 aromatic rings. The lowest BCUT2D eigenvalue weighted by Gasteiger charge is -1.93. The van der Waals surface area contributed by atoms with E-state index < -0.39 is 0 Å². The molecular weight excluding hydrogens is 168 g/mol. The fourth-order valence-corrected chi connectivity index (χ4v) is 1.75. The van der Waals surface area contributed by atoms with E-state index in [1.807, 2.05) is 11.4 Å². The van der Waals surface area contributed by atoms with Crippen LogP contribution in [0.4, 0.5) is 0 Å². The van der Waals surface area contributed by atoms with Crippen molar-refractivity contribution in [3.05, 3.63) is 21.3 Å². The predicted molar refractivity (Wildman–Crippen MR) is 44.7 cm³/mol. The monoisotopic (exact) mass is 176 g/mol. The first-order chi connectivity index (χ1) is 4.84. The van der Waals surface area contributed by atoms with Gasteiger partial charge in [-0.25, -0.2) is 0 Å². The summed E-state index contributed by atoms with van der Waals surface area (Å²) in [5.74, 6) is 0. The number of hydrogen-bond donors (Lipinski definition) is 1. The molecule has 0 atom stereocenters. The van der Waals surface area contributed by atoms with Crippen molar-refractivity contribution < 1.29 is 5.11 Å². The Hall–Kier alpha value is -0.0500. The Balaban J connectivity index is 2.49. The number of aryl methyl sites for hydroxylation is 1. The minimum atomic E-state index is 0.242. The average Bonchev–Trinajstić information content (AvgIpc) is 2.31. The minimum absolute atomic E-state index is 0.242. The van der Waals surface area contributed by atoms with E-state index in [1.54, 1.807) is 0 Å². The molecule has 1 N–H and O–H groups in total. The van der Waals surface area contributed by atoms with Crippen molar-refractivity contribution in [2.45, 2.75) is 12.8 Å². The van der Waals surface area contributed by atoms with Crippen LogP contribution in [0.2, 0.25) is 4.34 Å². The molecule has 0 aliphatic carbocycles. The van der Waals surface area contributed by atoms with Crippen LogP contribution < -0.4 is 0 Å². The van der Waals surface area contributed by atoms with E-state index in [-0.39, 0.29) is 6.61 Å². The highest BCUT2D eigenvalue weighted by molar-refractivity contribution is 7.14. The fraction of sp³-hybridized carbons (Fsp3) is 0.429. The van der Waals surface area contributed by atoms with E-state index in [9.17, 15) is 0 Å². The van der Waals surface area contributed by atoms with Gasteiger partial charge < -0.3 is 5.11 Å². The molecule has 10 heavy (non-hydrogen) atoms. The smallest absolute Gasteiger partial charge is 0.0960 e. The summed E-state index contributed by atoms with van der Waals surface area (Å²) in [6.07, 6.45) is 1.69. The van der Waals surface area contributed by atoms with Gasteiger partial charge in [0.15, 0.2) is 0 Å². The molecule has 56 valence electrons. The van der Waals surface area contributed by atoms with Crippen molar-refractivity contribution in [3.63, 3.8) is 0 Å². The molecule has 1 aromatic heterocycles.